The lowest BCUT2D eigenvalue weighted by Crippen LogP contribution is -1.96. The molecule has 0 unspecified atom stereocenters. The van der Waals surface area contributed by atoms with Gasteiger partial charge in [-0.05, 0) is 30.7 Å². The van der Waals surface area contributed by atoms with E-state index in [0.717, 1.165) is 12.8 Å². The number of carbonyl (C=O) groups excluding carboxylic acids is 1. The highest BCUT2D eigenvalue weighted by molar-refractivity contribution is 5.97. The maximum Gasteiger partial charge on any atom is 0.198 e. The molecule has 0 aliphatic heterocycles. The second-order valence-corrected chi connectivity index (χ2v) is 4.88. The van der Waals surface area contributed by atoms with Crippen molar-refractivity contribution in [2.75, 3.05) is 0 Å². The maximum atomic E-state index is 13.0. The minimum atomic E-state index is -0.313. The zero-order valence-electron chi connectivity index (χ0n) is 11.2. The molecule has 0 spiro atoms. The fourth-order valence-electron chi connectivity index (χ4n) is 2.16. The van der Waals surface area contributed by atoms with Crippen molar-refractivity contribution in [2.45, 2.75) is 45.4 Å². The van der Waals surface area contributed by atoms with Crippen LogP contribution in [0.3, 0.4) is 0 Å². The summed E-state index contributed by atoms with van der Waals surface area (Å²) in [4.78, 5) is 11.9. The molecular formula is C16H19FO2. The Morgan fingerprint density at radius 2 is 1.95 bits per heavy atom. The molecule has 1 aromatic heterocycles. The number of furan rings is 1. The summed E-state index contributed by atoms with van der Waals surface area (Å²) in [7, 11) is 0. The largest absolute Gasteiger partial charge is 0.453 e. The van der Waals surface area contributed by atoms with Crippen LogP contribution in [0.4, 0.5) is 4.39 Å². The molecule has 0 N–H and O–H groups in total. The van der Waals surface area contributed by atoms with Crippen LogP contribution in [0.5, 0.6) is 0 Å². The molecule has 0 aliphatic rings. The highest BCUT2D eigenvalue weighted by Gasteiger charge is 2.12. The molecule has 1 aromatic carbocycles. The Hall–Kier alpha value is -1.64. The van der Waals surface area contributed by atoms with Crippen molar-refractivity contribution in [1.29, 1.82) is 0 Å². The summed E-state index contributed by atoms with van der Waals surface area (Å²) in [6.45, 7) is 2.17. The number of halogens is 1. The fourth-order valence-corrected chi connectivity index (χ4v) is 2.16. The van der Waals surface area contributed by atoms with Gasteiger partial charge in [0.1, 0.15) is 11.4 Å². The van der Waals surface area contributed by atoms with Gasteiger partial charge in [-0.3, -0.25) is 4.79 Å². The third-order valence-electron chi connectivity index (χ3n) is 3.26. The van der Waals surface area contributed by atoms with Crippen molar-refractivity contribution >= 4 is 16.8 Å². The highest BCUT2D eigenvalue weighted by atomic mass is 19.1. The predicted molar refractivity (Wildman–Crippen MR) is 73.9 cm³/mol. The van der Waals surface area contributed by atoms with Gasteiger partial charge >= 0.3 is 0 Å². The van der Waals surface area contributed by atoms with Gasteiger partial charge in [-0.2, -0.15) is 0 Å². The first-order chi connectivity index (χ1) is 9.20. The van der Waals surface area contributed by atoms with Crippen LogP contribution < -0.4 is 0 Å². The number of benzene rings is 1. The Morgan fingerprint density at radius 1 is 1.16 bits per heavy atom. The smallest absolute Gasteiger partial charge is 0.198 e. The Balaban J connectivity index is 1.94. The number of hydrogen-bond donors (Lipinski definition) is 0. The van der Waals surface area contributed by atoms with Crippen LogP contribution in [-0.4, -0.2) is 5.78 Å². The van der Waals surface area contributed by atoms with Crippen molar-refractivity contribution in [3.63, 3.8) is 0 Å². The van der Waals surface area contributed by atoms with Gasteiger partial charge in [0.2, 0.25) is 0 Å². The molecule has 0 radical (unpaired) electrons. The molecule has 0 amide bonds. The van der Waals surface area contributed by atoms with Gasteiger partial charge in [0.25, 0.3) is 0 Å². The summed E-state index contributed by atoms with van der Waals surface area (Å²) < 4.78 is 18.5. The van der Waals surface area contributed by atoms with E-state index in [2.05, 4.69) is 6.92 Å². The minimum Gasteiger partial charge on any atom is -0.453 e. The fraction of sp³-hybridized carbons (Fsp3) is 0.438. The first-order valence-corrected chi connectivity index (χ1v) is 6.93. The Kier molecular flexibility index (Phi) is 4.72. The molecule has 0 aliphatic carbocycles. The SMILES string of the molecule is CCCCCCCC(=O)c1cc2cc(F)ccc2o1. The summed E-state index contributed by atoms with van der Waals surface area (Å²) >= 11 is 0. The maximum absolute atomic E-state index is 13.0. The molecule has 102 valence electrons. The minimum absolute atomic E-state index is 0.00751. The molecular weight excluding hydrogens is 243 g/mol. The average Bonchev–Trinajstić information content (AvgIpc) is 2.81. The number of Topliss-reactive ketones (excluding diaryl/α,β-unsaturated/α-hetero) is 1. The summed E-state index contributed by atoms with van der Waals surface area (Å²) in [5.41, 5.74) is 0.565. The zero-order chi connectivity index (χ0) is 13.7. The second kappa shape index (κ2) is 6.50. The van der Waals surface area contributed by atoms with Gasteiger partial charge in [0, 0.05) is 11.8 Å². The summed E-state index contributed by atoms with van der Waals surface area (Å²) in [6, 6.07) is 5.91. The molecule has 2 nitrogen and oxygen atoms in total. The van der Waals surface area contributed by atoms with Crippen LogP contribution in [0.2, 0.25) is 0 Å². The summed E-state index contributed by atoms with van der Waals surface area (Å²) in [5.74, 6) is 0.0380. The third-order valence-corrected chi connectivity index (χ3v) is 3.26. The van der Waals surface area contributed by atoms with Gasteiger partial charge in [-0.15, -0.1) is 0 Å². The van der Waals surface area contributed by atoms with Crippen LogP contribution in [0.25, 0.3) is 11.0 Å². The van der Waals surface area contributed by atoms with Crippen molar-refractivity contribution in [3.8, 4) is 0 Å². The van der Waals surface area contributed by atoms with Gasteiger partial charge in [-0.1, -0.05) is 32.6 Å². The first-order valence-electron chi connectivity index (χ1n) is 6.93. The number of ketones is 1. The van der Waals surface area contributed by atoms with Crippen molar-refractivity contribution < 1.29 is 13.6 Å². The average molecular weight is 262 g/mol. The van der Waals surface area contributed by atoms with Gasteiger partial charge in [0.15, 0.2) is 11.5 Å². The Labute approximate surface area is 112 Å². The molecule has 2 rings (SSSR count). The highest BCUT2D eigenvalue weighted by Crippen LogP contribution is 2.22. The van der Waals surface area contributed by atoms with E-state index in [1.807, 2.05) is 0 Å². The topological polar surface area (TPSA) is 30.2 Å². The molecule has 19 heavy (non-hydrogen) atoms. The predicted octanol–water partition coefficient (Wildman–Crippen LogP) is 5.12. The molecule has 0 fully saturated rings. The van der Waals surface area contributed by atoms with Gasteiger partial charge in [-0.25, -0.2) is 4.39 Å². The number of fused-ring (bicyclic) bond motifs is 1. The molecule has 2 aromatic rings. The Bertz CT molecular complexity index is 557. The van der Waals surface area contributed by atoms with Crippen molar-refractivity contribution in [3.05, 3.63) is 35.8 Å². The molecule has 0 atom stereocenters. The lowest BCUT2D eigenvalue weighted by Gasteiger charge is -1.98. The van der Waals surface area contributed by atoms with Gasteiger partial charge < -0.3 is 4.42 Å². The summed E-state index contributed by atoms with van der Waals surface area (Å²) in [6.07, 6.45) is 6.07. The summed E-state index contributed by atoms with van der Waals surface area (Å²) in [5, 5.41) is 0.648. The molecule has 1 heterocycles. The molecule has 0 saturated heterocycles. The van der Waals surface area contributed by atoms with Gasteiger partial charge in [0.05, 0.1) is 0 Å². The van der Waals surface area contributed by atoms with Crippen LogP contribution >= 0.6 is 0 Å². The first kappa shape index (κ1) is 13.8. The van der Waals surface area contributed by atoms with Crippen molar-refractivity contribution in [2.24, 2.45) is 0 Å². The molecule has 0 saturated carbocycles. The second-order valence-electron chi connectivity index (χ2n) is 4.88. The van der Waals surface area contributed by atoms with E-state index in [1.54, 1.807) is 12.1 Å². The van der Waals surface area contributed by atoms with Crippen LogP contribution in [0, 0.1) is 5.82 Å². The molecule has 0 bridgehead atoms. The molecule has 3 heteroatoms. The Morgan fingerprint density at radius 3 is 2.74 bits per heavy atom. The lowest BCUT2D eigenvalue weighted by molar-refractivity contribution is 0.0954. The van der Waals surface area contributed by atoms with E-state index in [-0.39, 0.29) is 11.6 Å². The van der Waals surface area contributed by atoms with E-state index in [1.165, 1.54) is 31.4 Å². The standard InChI is InChI=1S/C16H19FO2/c1-2-3-4-5-6-7-14(18)16-11-12-10-13(17)8-9-15(12)19-16/h8-11H,2-7H2,1H3. The van der Waals surface area contributed by atoms with E-state index in [4.69, 9.17) is 4.42 Å². The van der Waals surface area contributed by atoms with Crippen LogP contribution in [0.15, 0.2) is 28.7 Å². The number of hydrogen-bond acceptors (Lipinski definition) is 2. The normalized spacial score (nSPS) is 11.1. The van der Waals surface area contributed by atoms with Crippen LogP contribution in [0.1, 0.15) is 56.0 Å². The number of unbranched alkanes of at least 4 members (excludes halogenated alkanes) is 4. The van der Waals surface area contributed by atoms with E-state index < -0.39 is 0 Å². The van der Waals surface area contributed by atoms with Crippen molar-refractivity contribution in [1.82, 2.24) is 0 Å². The quantitative estimate of drug-likeness (QED) is 0.512. The van der Waals surface area contributed by atoms with E-state index in [0.29, 0.717) is 23.2 Å². The van der Waals surface area contributed by atoms with Crippen LogP contribution in [-0.2, 0) is 0 Å². The monoisotopic (exact) mass is 262 g/mol. The van der Waals surface area contributed by atoms with E-state index >= 15 is 0 Å². The third kappa shape index (κ3) is 3.66. The van der Waals surface area contributed by atoms with E-state index in [9.17, 15) is 9.18 Å². The lowest BCUT2D eigenvalue weighted by atomic mass is 10.1. The number of rotatable bonds is 7. The zero-order valence-corrected chi connectivity index (χ0v) is 11.2. The number of carbonyl (C=O) groups is 1.